The molecule has 1 aromatic heterocycles. The molecule has 0 spiro atoms. The summed E-state index contributed by atoms with van der Waals surface area (Å²) in [6, 6.07) is -0.507. The number of ether oxygens (including phenoxy) is 1. The highest BCUT2D eigenvalue weighted by molar-refractivity contribution is 7.16. The summed E-state index contributed by atoms with van der Waals surface area (Å²) >= 11 is 7.04. The zero-order valence-corrected chi connectivity index (χ0v) is 10.2. The van der Waals surface area contributed by atoms with E-state index in [9.17, 15) is 4.79 Å². The van der Waals surface area contributed by atoms with Gasteiger partial charge >= 0.3 is 5.97 Å². The zero-order valence-electron chi connectivity index (χ0n) is 8.62. The SMILES string of the molecule is CCCNC(C(=O)OC)c1ncc(Cl)s1. The second kappa shape index (κ2) is 6.05. The first-order valence-corrected chi connectivity index (χ1v) is 5.81. The van der Waals surface area contributed by atoms with Crippen LogP contribution in [-0.4, -0.2) is 24.6 Å². The molecule has 0 aliphatic heterocycles. The summed E-state index contributed by atoms with van der Waals surface area (Å²) in [6.45, 7) is 2.76. The van der Waals surface area contributed by atoms with Crippen LogP contribution in [0.15, 0.2) is 6.20 Å². The number of hydrogen-bond acceptors (Lipinski definition) is 5. The van der Waals surface area contributed by atoms with E-state index in [4.69, 9.17) is 16.3 Å². The minimum atomic E-state index is -0.507. The molecule has 4 nitrogen and oxygen atoms in total. The van der Waals surface area contributed by atoms with Crippen LogP contribution in [0.5, 0.6) is 0 Å². The summed E-state index contributed by atoms with van der Waals surface area (Å²) < 4.78 is 5.26. The first-order valence-electron chi connectivity index (χ1n) is 4.61. The van der Waals surface area contributed by atoms with E-state index in [1.54, 1.807) is 0 Å². The number of hydrogen-bond donors (Lipinski definition) is 1. The van der Waals surface area contributed by atoms with Crippen LogP contribution < -0.4 is 5.32 Å². The predicted octanol–water partition coefficient (Wildman–Crippen LogP) is 2.01. The Labute approximate surface area is 97.6 Å². The fourth-order valence-corrected chi connectivity index (χ4v) is 2.07. The molecule has 0 amide bonds. The Balaban J connectivity index is 2.76. The quantitative estimate of drug-likeness (QED) is 0.810. The van der Waals surface area contributed by atoms with Gasteiger partial charge in [0, 0.05) is 0 Å². The third-order valence-corrected chi connectivity index (χ3v) is 2.96. The van der Waals surface area contributed by atoms with Gasteiger partial charge in [-0.2, -0.15) is 0 Å². The highest BCUT2D eigenvalue weighted by Crippen LogP contribution is 2.24. The molecule has 6 heteroatoms. The van der Waals surface area contributed by atoms with Crippen LogP contribution in [0.2, 0.25) is 4.34 Å². The van der Waals surface area contributed by atoms with Crippen molar-refractivity contribution in [3.63, 3.8) is 0 Å². The van der Waals surface area contributed by atoms with Crippen molar-refractivity contribution in [1.82, 2.24) is 10.3 Å². The summed E-state index contributed by atoms with van der Waals surface area (Å²) in [5.41, 5.74) is 0. The van der Waals surface area contributed by atoms with Gasteiger partial charge in [0.1, 0.15) is 9.34 Å². The van der Waals surface area contributed by atoms with E-state index < -0.39 is 6.04 Å². The molecule has 1 aromatic rings. The maximum Gasteiger partial charge on any atom is 0.330 e. The van der Waals surface area contributed by atoms with Gasteiger partial charge in [0.05, 0.1) is 13.3 Å². The predicted molar refractivity (Wildman–Crippen MR) is 60.2 cm³/mol. The number of carbonyl (C=O) groups excluding carboxylic acids is 1. The first-order chi connectivity index (χ1) is 7.19. The van der Waals surface area contributed by atoms with Crippen molar-refractivity contribution in [1.29, 1.82) is 0 Å². The smallest absolute Gasteiger partial charge is 0.330 e. The summed E-state index contributed by atoms with van der Waals surface area (Å²) in [6.07, 6.45) is 2.47. The minimum absolute atomic E-state index is 0.338. The van der Waals surface area contributed by atoms with Crippen LogP contribution in [0.25, 0.3) is 0 Å². The van der Waals surface area contributed by atoms with E-state index in [0.29, 0.717) is 9.34 Å². The molecule has 0 bridgehead atoms. The van der Waals surface area contributed by atoms with Crippen LogP contribution in [0, 0.1) is 0 Å². The Morgan fingerprint density at radius 3 is 3.00 bits per heavy atom. The van der Waals surface area contributed by atoms with Gasteiger partial charge in [-0.25, -0.2) is 9.78 Å². The Bertz CT molecular complexity index is 330. The molecule has 84 valence electrons. The largest absolute Gasteiger partial charge is 0.468 e. The van der Waals surface area contributed by atoms with Crippen LogP contribution in [0.1, 0.15) is 24.4 Å². The van der Waals surface area contributed by atoms with Gasteiger partial charge < -0.3 is 4.74 Å². The molecule has 1 rings (SSSR count). The van der Waals surface area contributed by atoms with Crippen LogP contribution >= 0.6 is 22.9 Å². The molecule has 1 N–H and O–H groups in total. The molecule has 0 radical (unpaired) electrons. The lowest BCUT2D eigenvalue weighted by molar-refractivity contribution is -0.143. The van der Waals surface area contributed by atoms with Gasteiger partial charge in [0.2, 0.25) is 0 Å². The van der Waals surface area contributed by atoms with Gasteiger partial charge in [0.25, 0.3) is 0 Å². The Hall–Kier alpha value is -0.650. The third kappa shape index (κ3) is 3.44. The van der Waals surface area contributed by atoms with Crippen molar-refractivity contribution in [3.8, 4) is 0 Å². The highest BCUT2D eigenvalue weighted by Gasteiger charge is 2.23. The fraction of sp³-hybridized carbons (Fsp3) is 0.556. The van der Waals surface area contributed by atoms with E-state index in [2.05, 4.69) is 10.3 Å². The summed E-state index contributed by atoms with van der Waals surface area (Å²) in [7, 11) is 1.36. The van der Waals surface area contributed by atoms with E-state index in [0.717, 1.165) is 13.0 Å². The lowest BCUT2D eigenvalue weighted by atomic mass is 10.3. The molecule has 1 unspecified atom stereocenters. The van der Waals surface area contributed by atoms with Crippen LogP contribution in [-0.2, 0) is 9.53 Å². The number of rotatable bonds is 5. The van der Waals surface area contributed by atoms with Crippen molar-refractivity contribution in [2.75, 3.05) is 13.7 Å². The van der Waals surface area contributed by atoms with Crippen LogP contribution in [0.4, 0.5) is 0 Å². The monoisotopic (exact) mass is 248 g/mol. The number of thiazole rings is 1. The molecule has 0 fully saturated rings. The van der Waals surface area contributed by atoms with Crippen LogP contribution in [0.3, 0.4) is 0 Å². The number of esters is 1. The Morgan fingerprint density at radius 2 is 2.53 bits per heavy atom. The number of methoxy groups -OCH3 is 1. The molecule has 0 saturated carbocycles. The molecule has 15 heavy (non-hydrogen) atoms. The third-order valence-electron chi connectivity index (χ3n) is 1.78. The second-order valence-electron chi connectivity index (χ2n) is 2.91. The number of nitrogens with zero attached hydrogens (tertiary/aromatic N) is 1. The van der Waals surface area contributed by atoms with E-state index >= 15 is 0 Å². The van der Waals surface area contributed by atoms with Crippen molar-refractivity contribution >= 4 is 28.9 Å². The zero-order chi connectivity index (χ0) is 11.3. The van der Waals surface area contributed by atoms with E-state index in [-0.39, 0.29) is 5.97 Å². The number of halogens is 1. The number of carbonyl (C=O) groups is 1. The summed E-state index contributed by atoms with van der Waals surface area (Å²) in [5, 5.41) is 3.70. The summed E-state index contributed by atoms with van der Waals surface area (Å²) in [5.74, 6) is -0.338. The molecule has 1 heterocycles. The molecule has 1 atom stereocenters. The Kier molecular flexibility index (Phi) is 5.01. The summed E-state index contributed by atoms with van der Waals surface area (Å²) in [4.78, 5) is 15.5. The molecular weight excluding hydrogens is 236 g/mol. The van der Waals surface area contributed by atoms with Crippen molar-refractivity contribution in [2.45, 2.75) is 19.4 Å². The van der Waals surface area contributed by atoms with Crippen molar-refractivity contribution in [3.05, 3.63) is 15.5 Å². The highest BCUT2D eigenvalue weighted by atomic mass is 35.5. The molecule has 0 saturated heterocycles. The molecular formula is C9H13ClN2O2S. The van der Waals surface area contributed by atoms with Gasteiger partial charge in [-0.15, -0.1) is 11.3 Å². The number of aromatic nitrogens is 1. The minimum Gasteiger partial charge on any atom is -0.468 e. The number of nitrogens with one attached hydrogen (secondary N) is 1. The average molecular weight is 249 g/mol. The average Bonchev–Trinajstić information content (AvgIpc) is 2.65. The lowest BCUT2D eigenvalue weighted by Gasteiger charge is -2.12. The normalized spacial score (nSPS) is 12.5. The maximum absolute atomic E-state index is 11.5. The van der Waals surface area contributed by atoms with E-state index in [1.807, 2.05) is 6.92 Å². The van der Waals surface area contributed by atoms with Gasteiger partial charge in [0.15, 0.2) is 6.04 Å². The maximum atomic E-state index is 11.5. The topological polar surface area (TPSA) is 51.2 Å². The second-order valence-corrected chi connectivity index (χ2v) is 4.61. The Morgan fingerprint density at radius 1 is 1.80 bits per heavy atom. The van der Waals surface area contributed by atoms with Gasteiger partial charge in [-0.1, -0.05) is 18.5 Å². The standard InChI is InChI=1S/C9H13ClN2O2S/c1-3-4-11-7(9(13)14-2)8-12-5-6(10)15-8/h5,7,11H,3-4H2,1-2H3. The lowest BCUT2D eigenvalue weighted by Crippen LogP contribution is -2.30. The van der Waals surface area contributed by atoms with Crippen molar-refractivity contribution in [2.24, 2.45) is 0 Å². The molecule has 0 aliphatic carbocycles. The van der Waals surface area contributed by atoms with Crippen molar-refractivity contribution < 1.29 is 9.53 Å². The molecule has 0 aliphatic rings. The molecule has 0 aromatic carbocycles. The van der Waals surface area contributed by atoms with Gasteiger partial charge in [-0.3, -0.25) is 5.32 Å². The fourth-order valence-electron chi connectivity index (χ4n) is 1.08. The first kappa shape index (κ1) is 12.4. The van der Waals surface area contributed by atoms with E-state index in [1.165, 1.54) is 24.6 Å². The van der Waals surface area contributed by atoms with Gasteiger partial charge in [-0.05, 0) is 13.0 Å².